The molecular weight excluding hydrogens is 281 g/mol. The van der Waals surface area contributed by atoms with Gasteiger partial charge in [-0.15, -0.1) is 0 Å². The van der Waals surface area contributed by atoms with Gasteiger partial charge in [-0.3, -0.25) is 5.09 Å². The molecule has 3 heteroatoms. The zero-order valence-corrected chi connectivity index (χ0v) is 13.9. The van der Waals surface area contributed by atoms with Crippen molar-refractivity contribution in [3.05, 3.63) is 0 Å². The number of unbranched alkanes of at least 4 members (excludes halogenated alkanes) is 2. The lowest BCUT2D eigenvalue weighted by atomic mass is 9.98. The Morgan fingerprint density at radius 2 is 1.88 bits per heavy atom. The standard InChI is InChI=1S/C13H29BrNP/c1-4-9-12(15-16)10-7-6-8-11-13(3,14)5-2/h12,15H,4-11,16H2,1-3H3. The molecule has 16 heavy (non-hydrogen) atoms. The van der Waals surface area contributed by atoms with Crippen LogP contribution >= 0.6 is 25.3 Å². The van der Waals surface area contributed by atoms with E-state index in [0.29, 0.717) is 10.4 Å². The minimum Gasteiger partial charge on any atom is -0.298 e. The highest BCUT2D eigenvalue weighted by Crippen LogP contribution is 2.28. The Kier molecular flexibility index (Phi) is 10.4. The molecule has 3 atom stereocenters. The highest BCUT2D eigenvalue weighted by molar-refractivity contribution is 9.10. The number of rotatable bonds is 10. The fraction of sp³-hybridized carbons (Fsp3) is 1.00. The number of alkyl halides is 1. The van der Waals surface area contributed by atoms with E-state index in [4.69, 9.17) is 0 Å². The monoisotopic (exact) mass is 309 g/mol. The summed E-state index contributed by atoms with van der Waals surface area (Å²) in [5.41, 5.74) is 0. The van der Waals surface area contributed by atoms with Gasteiger partial charge in [-0.1, -0.05) is 64.9 Å². The summed E-state index contributed by atoms with van der Waals surface area (Å²) in [7, 11) is 2.66. The zero-order chi connectivity index (χ0) is 12.4. The maximum Gasteiger partial charge on any atom is 0.0227 e. The molecule has 98 valence electrons. The van der Waals surface area contributed by atoms with Crippen LogP contribution in [-0.4, -0.2) is 10.4 Å². The van der Waals surface area contributed by atoms with Crippen molar-refractivity contribution in [1.82, 2.24) is 5.09 Å². The van der Waals surface area contributed by atoms with Crippen molar-refractivity contribution in [2.24, 2.45) is 0 Å². The van der Waals surface area contributed by atoms with E-state index in [9.17, 15) is 0 Å². The van der Waals surface area contributed by atoms with Crippen LogP contribution in [0.5, 0.6) is 0 Å². The van der Waals surface area contributed by atoms with E-state index in [1.807, 2.05) is 0 Å². The Bertz CT molecular complexity index is 162. The molecule has 0 saturated carbocycles. The van der Waals surface area contributed by atoms with Gasteiger partial charge >= 0.3 is 0 Å². The summed E-state index contributed by atoms with van der Waals surface area (Å²) >= 11 is 3.78. The van der Waals surface area contributed by atoms with E-state index in [2.05, 4.69) is 51.2 Å². The average Bonchev–Trinajstić information content (AvgIpc) is 2.27. The van der Waals surface area contributed by atoms with Crippen LogP contribution < -0.4 is 5.09 Å². The van der Waals surface area contributed by atoms with Gasteiger partial charge in [0.1, 0.15) is 0 Å². The van der Waals surface area contributed by atoms with Gasteiger partial charge in [0.2, 0.25) is 0 Å². The molecule has 0 aliphatic rings. The van der Waals surface area contributed by atoms with Crippen LogP contribution in [0.3, 0.4) is 0 Å². The molecule has 0 rings (SSSR count). The first-order valence-corrected chi connectivity index (χ1v) is 8.07. The van der Waals surface area contributed by atoms with E-state index in [0.717, 1.165) is 0 Å². The molecule has 1 nitrogen and oxygen atoms in total. The second-order valence-corrected chi connectivity index (χ2v) is 7.27. The molecule has 0 aromatic rings. The third-order valence-electron chi connectivity index (χ3n) is 3.36. The molecule has 1 N–H and O–H groups in total. The van der Waals surface area contributed by atoms with Crippen LogP contribution in [0.2, 0.25) is 0 Å². The Morgan fingerprint density at radius 1 is 1.19 bits per heavy atom. The molecule has 0 radical (unpaired) electrons. The van der Waals surface area contributed by atoms with Gasteiger partial charge in [0.05, 0.1) is 0 Å². The third-order valence-corrected chi connectivity index (χ3v) is 4.79. The van der Waals surface area contributed by atoms with Crippen molar-refractivity contribution in [2.75, 3.05) is 0 Å². The summed E-state index contributed by atoms with van der Waals surface area (Å²) in [5.74, 6) is 0. The van der Waals surface area contributed by atoms with Gasteiger partial charge in [-0.25, -0.2) is 0 Å². The van der Waals surface area contributed by atoms with Crippen LogP contribution in [-0.2, 0) is 0 Å². The summed E-state index contributed by atoms with van der Waals surface area (Å²) in [6.07, 6.45) is 10.5. The largest absolute Gasteiger partial charge is 0.298 e. The first kappa shape index (κ1) is 16.9. The topological polar surface area (TPSA) is 12.0 Å². The molecule has 0 fully saturated rings. The predicted octanol–water partition coefficient (Wildman–Crippen LogP) is 5.05. The molecule has 0 aromatic heterocycles. The lowest BCUT2D eigenvalue weighted by molar-refractivity contribution is 0.474. The molecular formula is C13H29BrNP. The minimum absolute atomic E-state index is 0.370. The van der Waals surface area contributed by atoms with Crippen molar-refractivity contribution >= 4 is 25.3 Å². The van der Waals surface area contributed by atoms with Crippen LogP contribution in [0.4, 0.5) is 0 Å². The van der Waals surface area contributed by atoms with Crippen molar-refractivity contribution in [2.45, 2.75) is 82.5 Å². The maximum absolute atomic E-state index is 3.78. The zero-order valence-electron chi connectivity index (χ0n) is 11.2. The summed E-state index contributed by atoms with van der Waals surface area (Å²) in [4.78, 5) is 0. The second-order valence-electron chi connectivity index (χ2n) is 5.02. The first-order chi connectivity index (χ1) is 7.55. The number of hydrogen-bond acceptors (Lipinski definition) is 1. The Hall–Kier alpha value is 0.870. The van der Waals surface area contributed by atoms with Gasteiger partial charge in [-0.2, -0.15) is 0 Å². The molecule has 0 bridgehead atoms. The highest BCUT2D eigenvalue weighted by atomic mass is 79.9. The van der Waals surface area contributed by atoms with E-state index >= 15 is 0 Å². The van der Waals surface area contributed by atoms with Crippen molar-refractivity contribution < 1.29 is 0 Å². The van der Waals surface area contributed by atoms with Crippen molar-refractivity contribution in [1.29, 1.82) is 0 Å². The fourth-order valence-electron chi connectivity index (χ4n) is 1.90. The van der Waals surface area contributed by atoms with E-state index in [1.54, 1.807) is 0 Å². The first-order valence-electron chi connectivity index (χ1n) is 6.70. The quantitative estimate of drug-likeness (QED) is 0.338. The summed E-state index contributed by atoms with van der Waals surface area (Å²) in [5, 5.41) is 3.33. The lowest BCUT2D eigenvalue weighted by Crippen LogP contribution is -2.19. The van der Waals surface area contributed by atoms with Crippen LogP contribution in [0.1, 0.15) is 72.1 Å². The van der Waals surface area contributed by atoms with Crippen molar-refractivity contribution in [3.63, 3.8) is 0 Å². The summed E-state index contributed by atoms with van der Waals surface area (Å²) < 4.78 is 0.370. The normalized spacial score (nSPS) is 17.1. The van der Waals surface area contributed by atoms with Gasteiger partial charge in [0.25, 0.3) is 0 Å². The van der Waals surface area contributed by atoms with E-state index in [-0.39, 0.29) is 0 Å². The van der Waals surface area contributed by atoms with Gasteiger partial charge in [0, 0.05) is 10.4 Å². The molecule has 0 heterocycles. The predicted molar refractivity (Wildman–Crippen MR) is 82.2 cm³/mol. The highest BCUT2D eigenvalue weighted by Gasteiger charge is 2.16. The Labute approximate surface area is 113 Å². The fourth-order valence-corrected chi connectivity index (χ4v) is 2.51. The van der Waals surface area contributed by atoms with Gasteiger partial charge in [-0.05, 0) is 32.6 Å². The second kappa shape index (κ2) is 9.85. The van der Waals surface area contributed by atoms with E-state index < -0.39 is 0 Å². The lowest BCUT2D eigenvalue weighted by Gasteiger charge is -2.20. The van der Waals surface area contributed by atoms with E-state index in [1.165, 1.54) is 51.4 Å². The minimum atomic E-state index is 0.370. The van der Waals surface area contributed by atoms with Gasteiger partial charge in [0.15, 0.2) is 0 Å². The smallest absolute Gasteiger partial charge is 0.0227 e. The SMILES string of the molecule is CCCC(CCCCCC(C)(Br)CC)NP. The number of nitrogens with one attached hydrogen (secondary N) is 1. The van der Waals surface area contributed by atoms with Gasteiger partial charge < -0.3 is 0 Å². The third kappa shape index (κ3) is 8.96. The molecule has 0 aliphatic carbocycles. The molecule has 0 aliphatic heterocycles. The number of hydrogen-bond donors (Lipinski definition) is 1. The molecule has 0 saturated heterocycles. The molecule has 0 spiro atoms. The Balaban J connectivity index is 3.45. The molecule has 0 aromatic carbocycles. The molecule has 3 unspecified atom stereocenters. The van der Waals surface area contributed by atoms with Crippen molar-refractivity contribution in [3.8, 4) is 0 Å². The molecule has 0 amide bonds. The maximum atomic E-state index is 3.78. The van der Waals surface area contributed by atoms with Crippen LogP contribution in [0, 0.1) is 0 Å². The van der Waals surface area contributed by atoms with Crippen LogP contribution in [0.25, 0.3) is 0 Å². The Morgan fingerprint density at radius 3 is 2.38 bits per heavy atom. The average molecular weight is 310 g/mol. The summed E-state index contributed by atoms with van der Waals surface area (Å²) in [6.45, 7) is 6.81. The number of halogens is 1. The summed E-state index contributed by atoms with van der Waals surface area (Å²) in [6, 6.07) is 0.705. The van der Waals surface area contributed by atoms with Crippen LogP contribution in [0.15, 0.2) is 0 Å².